The maximum absolute atomic E-state index is 10.7. The lowest BCUT2D eigenvalue weighted by atomic mass is 10.2. The van der Waals surface area contributed by atoms with E-state index in [4.69, 9.17) is 27.8 Å². The molecule has 0 bridgehead atoms. The lowest BCUT2D eigenvalue weighted by molar-refractivity contribution is -0.119. The number of anilines is 1. The van der Waals surface area contributed by atoms with Crippen LogP contribution in [0, 0.1) is 6.92 Å². The van der Waals surface area contributed by atoms with Crippen LogP contribution in [0.2, 0.25) is 5.02 Å². The van der Waals surface area contributed by atoms with E-state index in [9.17, 15) is 4.79 Å². The normalized spacial score (nSPS) is 11.0. The molecule has 0 aliphatic heterocycles. The first-order valence-electron chi connectivity index (χ1n) is 6.02. The number of carbonyl (C=O) groups excluding carboxylic acids is 1. The lowest BCUT2D eigenvalue weighted by Crippen LogP contribution is -2.20. The van der Waals surface area contributed by atoms with Gasteiger partial charge in [-0.2, -0.15) is 5.10 Å². The van der Waals surface area contributed by atoms with E-state index in [0.717, 1.165) is 11.3 Å². The molecule has 8 heteroatoms. The van der Waals surface area contributed by atoms with Crippen LogP contribution in [0.5, 0.6) is 5.75 Å². The Morgan fingerprint density at radius 2 is 2.33 bits per heavy atom. The summed E-state index contributed by atoms with van der Waals surface area (Å²) in [6, 6.07) is 5.03. The highest BCUT2D eigenvalue weighted by Crippen LogP contribution is 2.24. The fraction of sp³-hybridized carbons (Fsp3) is 0.154. The van der Waals surface area contributed by atoms with Crippen molar-refractivity contribution >= 4 is 29.7 Å². The minimum Gasteiger partial charge on any atom is -0.482 e. The molecule has 4 N–H and O–H groups in total. The van der Waals surface area contributed by atoms with E-state index >= 15 is 0 Å². The molecule has 2 rings (SSSR count). The van der Waals surface area contributed by atoms with Crippen LogP contribution in [0.15, 0.2) is 29.5 Å². The number of aromatic nitrogens is 2. The summed E-state index contributed by atoms with van der Waals surface area (Å²) in [4.78, 5) is 14.7. The smallest absolute Gasteiger partial charge is 0.255 e. The SMILES string of the molecule is Cc1cn(N=Cc2ccc(OCC(N)=O)c(Cl)c2)c(N)n1. The molecule has 2 aromatic rings. The molecule has 0 atom stereocenters. The van der Waals surface area contributed by atoms with Gasteiger partial charge in [0.25, 0.3) is 5.91 Å². The van der Waals surface area contributed by atoms with Crippen molar-refractivity contribution in [2.24, 2.45) is 10.8 Å². The highest BCUT2D eigenvalue weighted by atomic mass is 35.5. The van der Waals surface area contributed by atoms with Gasteiger partial charge in [-0.25, -0.2) is 9.66 Å². The summed E-state index contributed by atoms with van der Waals surface area (Å²) in [5, 5.41) is 4.53. The Hall–Kier alpha value is -2.54. The van der Waals surface area contributed by atoms with Crippen LogP contribution in [0.3, 0.4) is 0 Å². The Kier molecular flexibility index (Phi) is 4.44. The van der Waals surface area contributed by atoms with Crippen molar-refractivity contribution in [3.05, 3.63) is 40.7 Å². The molecule has 1 aromatic heterocycles. The number of amides is 1. The van der Waals surface area contributed by atoms with Gasteiger partial charge in [-0.15, -0.1) is 0 Å². The molecule has 0 saturated carbocycles. The zero-order valence-electron chi connectivity index (χ0n) is 11.3. The Labute approximate surface area is 126 Å². The van der Waals surface area contributed by atoms with Gasteiger partial charge in [0.15, 0.2) is 6.61 Å². The Morgan fingerprint density at radius 1 is 1.57 bits per heavy atom. The average molecular weight is 308 g/mol. The fourth-order valence-electron chi connectivity index (χ4n) is 1.59. The second kappa shape index (κ2) is 6.27. The number of hydrogen-bond acceptors (Lipinski definition) is 5. The lowest BCUT2D eigenvalue weighted by Gasteiger charge is -2.06. The van der Waals surface area contributed by atoms with E-state index < -0.39 is 5.91 Å². The Morgan fingerprint density at radius 3 is 2.90 bits per heavy atom. The molecule has 7 nitrogen and oxygen atoms in total. The van der Waals surface area contributed by atoms with Crippen LogP contribution >= 0.6 is 11.6 Å². The topological polar surface area (TPSA) is 109 Å². The molecule has 0 spiro atoms. The molecule has 0 saturated heterocycles. The van der Waals surface area contributed by atoms with E-state index in [1.807, 2.05) is 6.92 Å². The number of benzene rings is 1. The molecule has 21 heavy (non-hydrogen) atoms. The van der Waals surface area contributed by atoms with E-state index in [2.05, 4.69) is 10.1 Å². The predicted octanol–water partition coefficient (Wildman–Crippen LogP) is 1.17. The van der Waals surface area contributed by atoms with Crippen molar-refractivity contribution in [1.29, 1.82) is 0 Å². The number of nitrogen functional groups attached to an aromatic ring is 1. The van der Waals surface area contributed by atoms with Crippen LogP contribution in [0.1, 0.15) is 11.3 Å². The molecule has 0 aliphatic rings. The number of aryl methyl sites for hydroxylation is 1. The maximum Gasteiger partial charge on any atom is 0.255 e. The Bertz CT molecular complexity index is 696. The Balaban J connectivity index is 2.13. The summed E-state index contributed by atoms with van der Waals surface area (Å²) in [7, 11) is 0. The van der Waals surface area contributed by atoms with E-state index in [0.29, 0.717) is 16.7 Å². The van der Waals surface area contributed by atoms with Crippen LogP contribution in [-0.2, 0) is 4.79 Å². The molecule has 110 valence electrons. The number of nitrogens with zero attached hydrogens (tertiary/aromatic N) is 3. The number of hydrogen-bond donors (Lipinski definition) is 2. The summed E-state index contributed by atoms with van der Waals surface area (Å²) in [6.45, 7) is 1.60. The van der Waals surface area contributed by atoms with Gasteiger partial charge in [-0.1, -0.05) is 11.6 Å². The summed E-state index contributed by atoms with van der Waals surface area (Å²) < 4.78 is 6.61. The number of carbonyl (C=O) groups is 1. The third-order valence-electron chi connectivity index (χ3n) is 2.49. The molecular formula is C13H14ClN5O2. The summed E-state index contributed by atoms with van der Waals surface area (Å²) in [5.74, 6) is 0.115. The zero-order chi connectivity index (χ0) is 15.4. The van der Waals surface area contributed by atoms with Crippen molar-refractivity contribution in [3.8, 4) is 5.75 Å². The first-order valence-corrected chi connectivity index (χ1v) is 6.40. The standard InChI is InChI=1S/C13H14ClN5O2/c1-8-6-19(13(16)18-8)17-5-9-2-3-11(10(14)4-9)21-7-12(15)20/h2-6H,7H2,1H3,(H2,15,20)(H2,16,18). The molecule has 0 unspecified atom stereocenters. The number of rotatable bonds is 5. The number of imidazole rings is 1. The first-order chi connectivity index (χ1) is 9.95. The van der Waals surface area contributed by atoms with Gasteiger partial charge in [0.05, 0.1) is 23.1 Å². The van der Waals surface area contributed by atoms with Gasteiger partial charge < -0.3 is 16.2 Å². The van der Waals surface area contributed by atoms with Crippen LogP contribution in [0.25, 0.3) is 0 Å². The maximum atomic E-state index is 10.7. The summed E-state index contributed by atoms with van der Waals surface area (Å²) in [5.41, 5.74) is 12.2. The summed E-state index contributed by atoms with van der Waals surface area (Å²) in [6.07, 6.45) is 3.29. The van der Waals surface area contributed by atoms with Crippen LogP contribution in [-0.4, -0.2) is 28.4 Å². The van der Waals surface area contributed by atoms with Crippen molar-refractivity contribution < 1.29 is 9.53 Å². The second-order valence-electron chi connectivity index (χ2n) is 4.27. The van der Waals surface area contributed by atoms with Crippen molar-refractivity contribution in [1.82, 2.24) is 9.66 Å². The van der Waals surface area contributed by atoms with Crippen LogP contribution < -0.4 is 16.2 Å². The number of primary amides is 1. The third kappa shape index (κ3) is 3.96. The van der Waals surface area contributed by atoms with Crippen molar-refractivity contribution in [2.45, 2.75) is 6.92 Å². The fourth-order valence-corrected chi connectivity index (χ4v) is 1.83. The van der Waals surface area contributed by atoms with Gasteiger partial charge in [0.2, 0.25) is 5.95 Å². The van der Waals surface area contributed by atoms with Crippen molar-refractivity contribution in [3.63, 3.8) is 0 Å². The third-order valence-corrected chi connectivity index (χ3v) is 2.79. The minimum atomic E-state index is -0.567. The predicted molar refractivity (Wildman–Crippen MR) is 80.5 cm³/mol. The van der Waals surface area contributed by atoms with E-state index in [1.165, 1.54) is 4.68 Å². The molecule has 0 aliphatic carbocycles. The van der Waals surface area contributed by atoms with Crippen molar-refractivity contribution in [2.75, 3.05) is 12.3 Å². The number of nitrogens with two attached hydrogens (primary N) is 2. The molecule has 1 amide bonds. The highest BCUT2D eigenvalue weighted by Gasteiger charge is 2.04. The molecule has 1 heterocycles. The van der Waals surface area contributed by atoms with Gasteiger partial charge in [-0.05, 0) is 30.7 Å². The largest absolute Gasteiger partial charge is 0.482 e. The molecule has 0 fully saturated rings. The zero-order valence-corrected chi connectivity index (χ0v) is 12.0. The monoisotopic (exact) mass is 307 g/mol. The number of ether oxygens (including phenoxy) is 1. The average Bonchev–Trinajstić information content (AvgIpc) is 2.73. The highest BCUT2D eigenvalue weighted by molar-refractivity contribution is 6.32. The number of halogens is 1. The van der Waals surface area contributed by atoms with Gasteiger partial charge >= 0.3 is 0 Å². The van der Waals surface area contributed by atoms with Gasteiger partial charge in [0.1, 0.15) is 5.75 Å². The van der Waals surface area contributed by atoms with E-state index in [1.54, 1.807) is 30.6 Å². The second-order valence-corrected chi connectivity index (χ2v) is 4.68. The molecule has 1 aromatic carbocycles. The van der Waals surface area contributed by atoms with Crippen LogP contribution in [0.4, 0.5) is 5.95 Å². The first kappa shape index (κ1) is 14.9. The minimum absolute atomic E-state index is 0.224. The van der Waals surface area contributed by atoms with Gasteiger partial charge in [0, 0.05) is 0 Å². The van der Waals surface area contributed by atoms with E-state index in [-0.39, 0.29) is 6.61 Å². The quantitative estimate of drug-likeness (QED) is 0.808. The summed E-state index contributed by atoms with van der Waals surface area (Å²) >= 11 is 6.05. The molecule has 0 radical (unpaired) electrons. The molecular weight excluding hydrogens is 294 g/mol. The van der Waals surface area contributed by atoms with Gasteiger partial charge in [-0.3, -0.25) is 4.79 Å².